The maximum Gasteiger partial charge on any atom is 0.255 e. The van der Waals surface area contributed by atoms with Crippen molar-refractivity contribution in [1.82, 2.24) is 4.98 Å². The summed E-state index contributed by atoms with van der Waals surface area (Å²) < 4.78 is 39.2. The molecule has 1 aromatic carbocycles. The molecule has 0 aliphatic rings. The summed E-state index contributed by atoms with van der Waals surface area (Å²) in [5.74, 6) is -5.31. The Kier molecular flexibility index (Phi) is 4.15. The lowest BCUT2D eigenvalue weighted by atomic mass is 10.2. The largest absolute Gasteiger partial charge is 0.319 e. The molecule has 2 aromatic rings. The highest BCUT2D eigenvalue weighted by Crippen LogP contribution is 2.21. The minimum absolute atomic E-state index is 0.000803. The molecule has 0 unspecified atom stereocenters. The fourth-order valence-electron chi connectivity index (χ4n) is 1.41. The Labute approximate surface area is 121 Å². The van der Waals surface area contributed by atoms with Crippen molar-refractivity contribution in [2.75, 3.05) is 5.32 Å². The normalized spacial score (nSPS) is 10.4. The summed E-state index contributed by atoms with van der Waals surface area (Å²) in [6.45, 7) is 0. The molecule has 1 aromatic heterocycles. The number of amides is 1. The lowest BCUT2D eigenvalue weighted by Crippen LogP contribution is -2.14. The zero-order valence-electron chi connectivity index (χ0n) is 9.55. The Morgan fingerprint density at radius 3 is 2.25 bits per heavy atom. The first-order valence-electron chi connectivity index (χ1n) is 5.16. The van der Waals surface area contributed by atoms with Crippen LogP contribution >= 0.6 is 23.2 Å². The standard InChI is InChI=1S/C12H5Cl2F3N2O/c13-8-3-5(4-9(14)19-8)12(20)18-7-2-1-6(15)10(16)11(7)17/h1-4H,(H,18,20). The van der Waals surface area contributed by atoms with Crippen LogP contribution in [0.4, 0.5) is 18.9 Å². The second-order valence-corrected chi connectivity index (χ2v) is 4.45. The summed E-state index contributed by atoms with van der Waals surface area (Å²) in [6.07, 6.45) is 0. The van der Waals surface area contributed by atoms with Crippen LogP contribution < -0.4 is 5.32 Å². The molecule has 0 bridgehead atoms. The van der Waals surface area contributed by atoms with E-state index < -0.39 is 29.0 Å². The van der Waals surface area contributed by atoms with Gasteiger partial charge in [0.15, 0.2) is 17.5 Å². The number of nitrogens with zero attached hydrogens (tertiary/aromatic N) is 1. The van der Waals surface area contributed by atoms with E-state index in [-0.39, 0.29) is 15.9 Å². The zero-order chi connectivity index (χ0) is 14.9. The Balaban J connectivity index is 2.30. The molecule has 0 aliphatic carbocycles. The van der Waals surface area contributed by atoms with Gasteiger partial charge in [-0.1, -0.05) is 23.2 Å². The predicted octanol–water partition coefficient (Wildman–Crippen LogP) is 4.06. The summed E-state index contributed by atoms with van der Waals surface area (Å²) in [6, 6.07) is 3.98. The van der Waals surface area contributed by atoms with Crippen LogP contribution in [0, 0.1) is 17.5 Å². The highest BCUT2D eigenvalue weighted by atomic mass is 35.5. The number of hydrogen-bond donors (Lipinski definition) is 1. The third-order valence-electron chi connectivity index (χ3n) is 2.31. The molecular weight excluding hydrogens is 316 g/mol. The summed E-state index contributed by atoms with van der Waals surface area (Å²) in [5.41, 5.74) is -0.503. The molecule has 1 heterocycles. The first-order chi connectivity index (χ1) is 9.38. The number of halogens is 5. The Hall–Kier alpha value is -1.79. The van der Waals surface area contributed by atoms with Gasteiger partial charge >= 0.3 is 0 Å². The van der Waals surface area contributed by atoms with E-state index in [2.05, 4.69) is 10.3 Å². The predicted molar refractivity (Wildman–Crippen MR) is 68.5 cm³/mol. The Morgan fingerprint density at radius 2 is 1.65 bits per heavy atom. The van der Waals surface area contributed by atoms with Gasteiger partial charge in [-0.25, -0.2) is 18.2 Å². The van der Waals surface area contributed by atoms with Crippen molar-refractivity contribution in [1.29, 1.82) is 0 Å². The highest BCUT2D eigenvalue weighted by molar-refractivity contribution is 6.33. The second-order valence-electron chi connectivity index (χ2n) is 3.68. The number of hydrogen-bond acceptors (Lipinski definition) is 2. The third kappa shape index (κ3) is 3.02. The number of carbonyl (C=O) groups excluding carboxylic acids is 1. The fraction of sp³-hybridized carbons (Fsp3) is 0. The highest BCUT2D eigenvalue weighted by Gasteiger charge is 2.16. The van der Waals surface area contributed by atoms with Gasteiger partial charge in [-0.05, 0) is 24.3 Å². The van der Waals surface area contributed by atoms with Gasteiger partial charge in [0.2, 0.25) is 0 Å². The number of pyridine rings is 1. The van der Waals surface area contributed by atoms with Gasteiger partial charge in [-0.15, -0.1) is 0 Å². The molecule has 8 heteroatoms. The first kappa shape index (κ1) is 14.6. The van der Waals surface area contributed by atoms with Crippen molar-refractivity contribution < 1.29 is 18.0 Å². The molecule has 0 radical (unpaired) electrons. The van der Waals surface area contributed by atoms with Crippen LogP contribution in [0.2, 0.25) is 10.3 Å². The monoisotopic (exact) mass is 320 g/mol. The Morgan fingerprint density at radius 1 is 1.05 bits per heavy atom. The fourth-order valence-corrected chi connectivity index (χ4v) is 1.87. The molecule has 1 N–H and O–H groups in total. The molecular formula is C12H5Cl2F3N2O. The number of anilines is 1. The van der Waals surface area contributed by atoms with E-state index in [0.717, 1.165) is 6.07 Å². The van der Waals surface area contributed by atoms with Crippen LogP contribution in [0.1, 0.15) is 10.4 Å². The molecule has 0 atom stereocenters. The number of aromatic nitrogens is 1. The molecule has 0 saturated carbocycles. The van der Waals surface area contributed by atoms with Gasteiger partial charge < -0.3 is 5.32 Å². The molecule has 0 saturated heterocycles. The van der Waals surface area contributed by atoms with Crippen molar-refractivity contribution in [3.05, 3.63) is 57.6 Å². The minimum Gasteiger partial charge on any atom is -0.319 e. The zero-order valence-corrected chi connectivity index (χ0v) is 11.1. The van der Waals surface area contributed by atoms with Crippen molar-refractivity contribution in [2.45, 2.75) is 0 Å². The SMILES string of the molecule is O=C(Nc1ccc(F)c(F)c1F)c1cc(Cl)nc(Cl)c1. The average molecular weight is 321 g/mol. The third-order valence-corrected chi connectivity index (χ3v) is 2.70. The van der Waals surface area contributed by atoms with Crippen LogP contribution in [-0.2, 0) is 0 Å². The van der Waals surface area contributed by atoms with E-state index in [1.165, 1.54) is 12.1 Å². The smallest absolute Gasteiger partial charge is 0.255 e. The minimum atomic E-state index is -1.67. The number of carbonyl (C=O) groups is 1. The van der Waals surface area contributed by atoms with Crippen molar-refractivity contribution in [2.24, 2.45) is 0 Å². The van der Waals surface area contributed by atoms with E-state index in [1.807, 2.05) is 0 Å². The summed E-state index contributed by atoms with van der Waals surface area (Å²) in [7, 11) is 0. The average Bonchev–Trinajstić information content (AvgIpc) is 2.38. The quantitative estimate of drug-likeness (QED) is 0.669. The van der Waals surface area contributed by atoms with E-state index in [4.69, 9.17) is 23.2 Å². The number of rotatable bonds is 2. The van der Waals surface area contributed by atoms with Gasteiger partial charge in [0.05, 0.1) is 5.69 Å². The molecule has 20 heavy (non-hydrogen) atoms. The maximum atomic E-state index is 13.4. The molecule has 3 nitrogen and oxygen atoms in total. The summed E-state index contributed by atoms with van der Waals surface area (Å²) >= 11 is 11.2. The van der Waals surface area contributed by atoms with Crippen molar-refractivity contribution in [3.63, 3.8) is 0 Å². The van der Waals surface area contributed by atoms with E-state index in [1.54, 1.807) is 0 Å². The molecule has 104 valence electrons. The van der Waals surface area contributed by atoms with E-state index >= 15 is 0 Å². The van der Waals surface area contributed by atoms with Crippen LogP contribution in [0.3, 0.4) is 0 Å². The summed E-state index contributed by atoms with van der Waals surface area (Å²) in [4.78, 5) is 15.5. The number of benzene rings is 1. The van der Waals surface area contributed by atoms with Crippen LogP contribution in [0.5, 0.6) is 0 Å². The molecule has 0 aliphatic heterocycles. The molecule has 0 spiro atoms. The van der Waals surface area contributed by atoms with E-state index in [0.29, 0.717) is 6.07 Å². The Bertz CT molecular complexity index is 674. The summed E-state index contributed by atoms with van der Waals surface area (Å²) in [5, 5.41) is 2.02. The van der Waals surface area contributed by atoms with Gasteiger partial charge in [0, 0.05) is 5.56 Å². The lowest BCUT2D eigenvalue weighted by Gasteiger charge is -2.07. The van der Waals surface area contributed by atoms with Crippen molar-refractivity contribution >= 4 is 34.8 Å². The molecule has 0 fully saturated rings. The van der Waals surface area contributed by atoms with E-state index in [9.17, 15) is 18.0 Å². The molecule has 1 amide bonds. The van der Waals surface area contributed by atoms with Crippen LogP contribution in [-0.4, -0.2) is 10.9 Å². The number of nitrogens with one attached hydrogen (secondary N) is 1. The van der Waals surface area contributed by atoms with Crippen molar-refractivity contribution in [3.8, 4) is 0 Å². The topological polar surface area (TPSA) is 42.0 Å². The van der Waals surface area contributed by atoms with Crippen LogP contribution in [0.15, 0.2) is 24.3 Å². The van der Waals surface area contributed by atoms with Gasteiger partial charge in [-0.2, -0.15) is 0 Å². The van der Waals surface area contributed by atoms with Crippen LogP contribution in [0.25, 0.3) is 0 Å². The first-order valence-corrected chi connectivity index (χ1v) is 5.92. The van der Waals surface area contributed by atoms with Gasteiger partial charge in [0.1, 0.15) is 10.3 Å². The van der Waals surface area contributed by atoms with Gasteiger partial charge in [0.25, 0.3) is 5.91 Å². The molecule has 2 rings (SSSR count). The van der Waals surface area contributed by atoms with Gasteiger partial charge in [-0.3, -0.25) is 4.79 Å². The lowest BCUT2D eigenvalue weighted by molar-refractivity contribution is 0.102. The second kappa shape index (κ2) is 5.68. The maximum absolute atomic E-state index is 13.4.